The van der Waals surface area contributed by atoms with Gasteiger partial charge in [0.05, 0.1) is 12.6 Å². The van der Waals surface area contributed by atoms with Crippen molar-refractivity contribution < 1.29 is 4.74 Å². The molecule has 2 heterocycles. The second-order valence-corrected chi connectivity index (χ2v) is 6.47. The SMILES string of the molecule is CCCCOc1cccc(C2NCCc3c2[nH]c2ccccc32)c1. The Morgan fingerprint density at radius 1 is 1.12 bits per heavy atom. The molecule has 2 aromatic carbocycles. The average molecular weight is 320 g/mol. The molecule has 1 atom stereocenters. The predicted octanol–water partition coefficient (Wildman–Crippen LogP) is 4.58. The van der Waals surface area contributed by atoms with E-state index in [1.807, 2.05) is 6.07 Å². The summed E-state index contributed by atoms with van der Waals surface area (Å²) in [6, 6.07) is 17.3. The highest BCUT2D eigenvalue weighted by atomic mass is 16.5. The minimum atomic E-state index is 0.205. The van der Waals surface area contributed by atoms with Crippen molar-refractivity contribution in [1.82, 2.24) is 10.3 Å². The van der Waals surface area contributed by atoms with Crippen molar-refractivity contribution in [2.24, 2.45) is 0 Å². The highest BCUT2D eigenvalue weighted by molar-refractivity contribution is 5.85. The Labute approximate surface area is 143 Å². The Morgan fingerprint density at radius 3 is 2.96 bits per heavy atom. The number of nitrogens with one attached hydrogen (secondary N) is 2. The molecule has 1 aliphatic rings. The van der Waals surface area contributed by atoms with Crippen molar-refractivity contribution in [3.8, 4) is 5.75 Å². The molecule has 0 aliphatic carbocycles. The zero-order valence-electron chi connectivity index (χ0n) is 14.1. The van der Waals surface area contributed by atoms with E-state index in [2.05, 4.69) is 59.7 Å². The van der Waals surface area contributed by atoms with E-state index in [0.717, 1.165) is 38.2 Å². The van der Waals surface area contributed by atoms with Crippen LogP contribution in [0.4, 0.5) is 0 Å². The number of H-pyrrole nitrogens is 1. The summed E-state index contributed by atoms with van der Waals surface area (Å²) < 4.78 is 5.89. The van der Waals surface area contributed by atoms with Gasteiger partial charge in [0.15, 0.2) is 0 Å². The van der Waals surface area contributed by atoms with Crippen LogP contribution in [0.15, 0.2) is 48.5 Å². The Kier molecular flexibility index (Phi) is 4.26. The second kappa shape index (κ2) is 6.70. The minimum absolute atomic E-state index is 0.205. The smallest absolute Gasteiger partial charge is 0.119 e. The molecular weight excluding hydrogens is 296 g/mol. The summed E-state index contributed by atoms with van der Waals surface area (Å²) in [6.07, 6.45) is 3.32. The van der Waals surface area contributed by atoms with Gasteiger partial charge in [0.2, 0.25) is 0 Å². The Hall–Kier alpha value is -2.26. The van der Waals surface area contributed by atoms with Crippen LogP contribution in [0, 0.1) is 0 Å². The molecule has 0 fully saturated rings. The monoisotopic (exact) mass is 320 g/mol. The third kappa shape index (κ3) is 2.80. The Bertz CT molecular complexity index is 837. The molecule has 1 unspecified atom stereocenters. The molecular formula is C21H24N2O. The number of hydrogen-bond donors (Lipinski definition) is 2. The molecule has 2 N–H and O–H groups in total. The lowest BCUT2D eigenvalue weighted by Gasteiger charge is -2.25. The molecule has 1 aromatic heterocycles. The molecule has 3 aromatic rings. The van der Waals surface area contributed by atoms with Crippen molar-refractivity contribution in [1.29, 1.82) is 0 Å². The maximum Gasteiger partial charge on any atom is 0.119 e. The molecule has 124 valence electrons. The number of aromatic amines is 1. The zero-order valence-corrected chi connectivity index (χ0v) is 14.1. The Morgan fingerprint density at radius 2 is 2.04 bits per heavy atom. The van der Waals surface area contributed by atoms with Gasteiger partial charge in [-0.3, -0.25) is 0 Å². The van der Waals surface area contributed by atoms with Crippen LogP contribution in [0.25, 0.3) is 10.9 Å². The lowest BCUT2D eigenvalue weighted by Crippen LogP contribution is -2.30. The lowest BCUT2D eigenvalue weighted by atomic mass is 9.94. The van der Waals surface area contributed by atoms with E-state index < -0.39 is 0 Å². The zero-order chi connectivity index (χ0) is 16.4. The summed E-state index contributed by atoms with van der Waals surface area (Å²) in [4.78, 5) is 3.63. The Balaban J connectivity index is 1.67. The van der Waals surface area contributed by atoms with Gasteiger partial charge in [-0.1, -0.05) is 43.7 Å². The molecule has 0 saturated carbocycles. The third-order valence-electron chi connectivity index (χ3n) is 4.82. The molecule has 3 heteroatoms. The first-order valence-electron chi connectivity index (χ1n) is 8.92. The number of benzene rings is 2. The second-order valence-electron chi connectivity index (χ2n) is 6.47. The number of aromatic nitrogens is 1. The molecule has 0 amide bonds. The molecule has 24 heavy (non-hydrogen) atoms. The largest absolute Gasteiger partial charge is 0.494 e. The average Bonchev–Trinajstić information content (AvgIpc) is 3.01. The quantitative estimate of drug-likeness (QED) is 0.675. The van der Waals surface area contributed by atoms with Crippen molar-refractivity contribution in [3.05, 3.63) is 65.4 Å². The molecule has 0 spiro atoms. The van der Waals surface area contributed by atoms with Gasteiger partial charge in [-0.2, -0.15) is 0 Å². The molecule has 4 rings (SSSR count). The van der Waals surface area contributed by atoms with Gasteiger partial charge < -0.3 is 15.0 Å². The molecule has 3 nitrogen and oxygen atoms in total. The van der Waals surface area contributed by atoms with Gasteiger partial charge in [0.25, 0.3) is 0 Å². The summed E-state index contributed by atoms with van der Waals surface area (Å²) in [5.74, 6) is 0.964. The molecule has 1 aliphatic heterocycles. The number of rotatable bonds is 5. The maximum atomic E-state index is 5.89. The fraction of sp³-hybridized carbons (Fsp3) is 0.333. The van der Waals surface area contributed by atoms with Crippen LogP contribution < -0.4 is 10.1 Å². The summed E-state index contributed by atoms with van der Waals surface area (Å²) in [5.41, 5.74) is 5.24. The van der Waals surface area contributed by atoms with Crippen LogP contribution >= 0.6 is 0 Å². The summed E-state index contributed by atoms with van der Waals surface area (Å²) >= 11 is 0. The van der Waals surface area contributed by atoms with E-state index in [-0.39, 0.29) is 6.04 Å². The summed E-state index contributed by atoms with van der Waals surface area (Å²) in [5, 5.41) is 5.02. The first kappa shape index (κ1) is 15.3. The number of hydrogen-bond acceptors (Lipinski definition) is 2. The van der Waals surface area contributed by atoms with Crippen LogP contribution in [0.1, 0.15) is 42.6 Å². The first-order valence-corrected chi connectivity index (χ1v) is 8.92. The van der Waals surface area contributed by atoms with Crippen molar-refractivity contribution in [3.63, 3.8) is 0 Å². The van der Waals surface area contributed by atoms with Crippen molar-refractivity contribution in [2.45, 2.75) is 32.2 Å². The van der Waals surface area contributed by atoms with Crippen LogP contribution in [0.3, 0.4) is 0 Å². The van der Waals surface area contributed by atoms with E-state index in [1.54, 1.807) is 0 Å². The number of ether oxygens (including phenoxy) is 1. The highest BCUT2D eigenvalue weighted by Crippen LogP contribution is 2.34. The van der Waals surface area contributed by atoms with Crippen LogP contribution in [0.5, 0.6) is 5.75 Å². The number of unbranched alkanes of at least 4 members (excludes halogenated alkanes) is 1. The van der Waals surface area contributed by atoms with Crippen molar-refractivity contribution >= 4 is 10.9 Å². The van der Waals surface area contributed by atoms with Crippen LogP contribution in [-0.4, -0.2) is 18.1 Å². The van der Waals surface area contributed by atoms with Crippen molar-refractivity contribution in [2.75, 3.05) is 13.2 Å². The fourth-order valence-electron chi connectivity index (χ4n) is 3.58. The summed E-state index contributed by atoms with van der Waals surface area (Å²) in [6.45, 7) is 3.97. The van der Waals surface area contributed by atoms with E-state index >= 15 is 0 Å². The topological polar surface area (TPSA) is 37.0 Å². The number of para-hydroxylation sites is 1. The van der Waals surface area contributed by atoms with Gasteiger partial charge in [-0.15, -0.1) is 0 Å². The maximum absolute atomic E-state index is 5.89. The fourth-order valence-corrected chi connectivity index (χ4v) is 3.58. The summed E-state index contributed by atoms with van der Waals surface area (Å²) in [7, 11) is 0. The molecule has 0 bridgehead atoms. The molecule has 0 saturated heterocycles. The van der Waals surface area contributed by atoms with E-state index in [0.29, 0.717) is 0 Å². The lowest BCUT2D eigenvalue weighted by molar-refractivity contribution is 0.309. The predicted molar refractivity (Wildman–Crippen MR) is 98.7 cm³/mol. The van der Waals surface area contributed by atoms with E-state index in [9.17, 15) is 0 Å². The normalized spacial score (nSPS) is 17.0. The standard InChI is InChI=1S/C21H24N2O/c1-2-3-13-24-16-8-6-7-15(14-16)20-21-18(11-12-22-20)17-9-4-5-10-19(17)23-21/h4-10,14,20,22-23H,2-3,11-13H2,1H3. The van der Waals surface area contributed by atoms with Crippen LogP contribution in [-0.2, 0) is 6.42 Å². The highest BCUT2D eigenvalue weighted by Gasteiger charge is 2.25. The van der Waals surface area contributed by atoms with Gasteiger partial charge in [0, 0.05) is 23.1 Å². The molecule has 0 radical (unpaired) electrons. The third-order valence-corrected chi connectivity index (χ3v) is 4.82. The first-order chi connectivity index (χ1) is 11.9. The minimum Gasteiger partial charge on any atom is -0.494 e. The van der Waals surface area contributed by atoms with Gasteiger partial charge in [-0.25, -0.2) is 0 Å². The van der Waals surface area contributed by atoms with E-state index in [1.165, 1.54) is 27.7 Å². The van der Waals surface area contributed by atoms with Gasteiger partial charge >= 0.3 is 0 Å². The van der Waals surface area contributed by atoms with Gasteiger partial charge in [0.1, 0.15) is 5.75 Å². The van der Waals surface area contributed by atoms with Gasteiger partial charge in [-0.05, 0) is 42.2 Å². The van der Waals surface area contributed by atoms with E-state index in [4.69, 9.17) is 4.74 Å². The number of fused-ring (bicyclic) bond motifs is 3. The van der Waals surface area contributed by atoms with Crippen LogP contribution in [0.2, 0.25) is 0 Å².